The molecule has 0 atom stereocenters. The third-order valence-corrected chi connectivity index (χ3v) is 2.95. The second-order valence-corrected chi connectivity index (χ2v) is 4.61. The molecule has 0 aliphatic carbocycles. The third-order valence-electron chi connectivity index (χ3n) is 2.95. The van der Waals surface area contributed by atoms with Gasteiger partial charge in [-0.3, -0.25) is 4.79 Å². The number of carbonyl (C=O) groups is 1. The maximum absolute atomic E-state index is 13.7. The van der Waals surface area contributed by atoms with Crippen molar-refractivity contribution >= 4 is 5.91 Å². The van der Waals surface area contributed by atoms with Crippen molar-refractivity contribution in [1.82, 2.24) is 15.5 Å². The van der Waals surface area contributed by atoms with E-state index in [1.54, 1.807) is 6.07 Å². The number of amides is 1. The fraction of sp³-hybridized carbons (Fsp3) is 0.357. The van der Waals surface area contributed by atoms with Crippen molar-refractivity contribution in [2.75, 3.05) is 0 Å². The summed E-state index contributed by atoms with van der Waals surface area (Å²) in [6.45, 7) is 2.29. The zero-order chi connectivity index (χ0) is 15.2. The van der Waals surface area contributed by atoms with E-state index >= 15 is 0 Å². The first-order valence-corrected chi connectivity index (χ1v) is 6.71. The number of aromatic nitrogens is 2. The van der Waals surface area contributed by atoms with E-state index < -0.39 is 11.6 Å². The average Bonchev–Trinajstić information content (AvgIpc) is 2.90. The van der Waals surface area contributed by atoms with Gasteiger partial charge in [-0.15, -0.1) is 5.10 Å². The number of aromatic amines is 1. The van der Waals surface area contributed by atoms with Crippen molar-refractivity contribution in [2.24, 2.45) is 0 Å². The number of unbranched alkanes of at least 4 members (excludes halogenated alkanes) is 1. The number of halogens is 1. The van der Waals surface area contributed by atoms with Crippen molar-refractivity contribution in [1.29, 1.82) is 0 Å². The summed E-state index contributed by atoms with van der Waals surface area (Å²) in [6.07, 6.45) is 2.25. The number of carbonyl (C=O) groups excluding carboxylic acids is 1. The lowest BCUT2D eigenvalue weighted by molar-refractivity contribution is -0.121. The predicted octanol–water partition coefficient (Wildman–Crippen LogP) is 1.98. The molecule has 0 spiro atoms. The van der Waals surface area contributed by atoms with E-state index in [1.807, 2.05) is 6.92 Å². The summed E-state index contributed by atoms with van der Waals surface area (Å²) in [7, 11) is 0. The molecule has 1 aromatic heterocycles. The van der Waals surface area contributed by atoms with Gasteiger partial charge in [0.1, 0.15) is 5.82 Å². The number of hydrogen-bond acceptors (Lipinski definition) is 4. The highest BCUT2D eigenvalue weighted by atomic mass is 19.1. The van der Waals surface area contributed by atoms with Gasteiger partial charge in [0, 0.05) is 13.0 Å². The Balaban J connectivity index is 2.08. The molecule has 0 aliphatic rings. The standard InChI is InChI=1S/C14H16FN3O3/c1-2-3-4-12(19)16-8-9-5-6-11(15)10(7-9)13-17-18-14(20)21-13/h5-7H,2-4,8H2,1H3,(H,16,19)(H,18,20). The van der Waals surface area contributed by atoms with Crippen LogP contribution in [0, 0.1) is 5.82 Å². The zero-order valence-electron chi connectivity index (χ0n) is 11.6. The Morgan fingerprint density at radius 3 is 2.95 bits per heavy atom. The molecule has 0 aliphatic heterocycles. The van der Waals surface area contributed by atoms with E-state index in [1.165, 1.54) is 12.1 Å². The van der Waals surface area contributed by atoms with E-state index in [9.17, 15) is 14.0 Å². The molecule has 0 fully saturated rings. The molecule has 1 amide bonds. The highest BCUT2D eigenvalue weighted by molar-refractivity contribution is 5.75. The summed E-state index contributed by atoms with van der Waals surface area (Å²) in [5.74, 6) is -1.46. The van der Waals surface area contributed by atoms with Crippen LogP contribution in [0.5, 0.6) is 0 Å². The Morgan fingerprint density at radius 2 is 2.29 bits per heavy atom. The molecular formula is C14H16FN3O3. The SMILES string of the molecule is CCCCC(=O)NCc1ccc(F)c(-c2n[nH]c(=O)o2)c1. The van der Waals surface area contributed by atoms with Crippen molar-refractivity contribution < 1.29 is 13.6 Å². The molecule has 0 saturated heterocycles. The first-order valence-electron chi connectivity index (χ1n) is 6.71. The highest BCUT2D eigenvalue weighted by Crippen LogP contribution is 2.20. The van der Waals surface area contributed by atoms with Gasteiger partial charge >= 0.3 is 5.76 Å². The van der Waals surface area contributed by atoms with Crippen molar-refractivity contribution in [3.8, 4) is 11.5 Å². The van der Waals surface area contributed by atoms with Crippen LogP contribution >= 0.6 is 0 Å². The molecule has 6 nitrogen and oxygen atoms in total. The van der Waals surface area contributed by atoms with Gasteiger partial charge in [0.25, 0.3) is 5.89 Å². The lowest BCUT2D eigenvalue weighted by Crippen LogP contribution is -2.22. The third kappa shape index (κ3) is 4.01. The lowest BCUT2D eigenvalue weighted by atomic mass is 10.1. The van der Waals surface area contributed by atoms with Gasteiger partial charge in [-0.25, -0.2) is 14.3 Å². The molecular weight excluding hydrogens is 277 g/mol. The van der Waals surface area contributed by atoms with Crippen LogP contribution in [0.4, 0.5) is 4.39 Å². The van der Waals surface area contributed by atoms with Crippen LogP contribution in [-0.2, 0) is 11.3 Å². The van der Waals surface area contributed by atoms with Gasteiger partial charge in [0.05, 0.1) is 5.56 Å². The highest BCUT2D eigenvalue weighted by Gasteiger charge is 2.12. The van der Waals surface area contributed by atoms with Crippen LogP contribution in [0.2, 0.25) is 0 Å². The fourth-order valence-electron chi connectivity index (χ4n) is 1.82. The second-order valence-electron chi connectivity index (χ2n) is 4.61. The summed E-state index contributed by atoms with van der Waals surface area (Å²) >= 11 is 0. The first kappa shape index (κ1) is 15.0. The van der Waals surface area contributed by atoms with Crippen LogP contribution in [0.3, 0.4) is 0 Å². The van der Waals surface area contributed by atoms with Gasteiger partial charge in [0.15, 0.2) is 0 Å². The molecule has 0 radical (unpaired) electrons. The molecule has 0 unspecified atom stereocenters. The van der Waals surface area contributed by atoms with Gasteiger partial charge in [0.2, 0.25) is 5.91 Å². The Labute approximate surface area is 120 Å². The summed E-state index contributed by atoms with van der Waals surface area (Å²) in [6, 6.07) is 4.30. The van der Waals surface area contributed by atoms with Gasteiger partial charge in [-0.05, 0) is 24.1 Å². The Hall–Kier alpha value is -2.44. The normalized spacial score (nSPS) is 10.6. The molecule has 2 rings (SSSR count). The van der Waals surface area contributed by atoms with Gasteiger partial charge in [-0.2, -0.15) is 0 Å². The molecule has 1 heterocycles. The minimum atomic E-state index is -0.748. The molecule has 2 aromatic rings. The lowest BCUT2D eigenvalue weighted by Gasteiger charge is -2.06. The molecule has 7 heteroatoms. The quantitative estimate of drug-likeness (QED) is 0.852. The Bertz CT molecular complexity index is 678. The Kier molecular flexibility index (Phi) is 4.86. The minimum absolute atomic E-state index is 0.0472. The smallest absolute Gasteiger partial charge is 0.388 e. The van der Waals surface area contributed by atoms with E-state index in [2.05, 4.69) is 15.5 Å². The minimum Gasteiger partial charge on any atom is -0.388 e. The number of nitrogens with one attached hydrogen (secondary N) is 2. The van der Waals surface area contributed by atoms with Crippen LogP contribution < -0.4 is 11.1 Å². The largest absolute Gasteiger partial charge is 0.434 e. The summed E-state index contributed by atoms with van der Waals surface area (Å²) in [5.41, 5.74) is 0.774. The van der Waals surface area contributed by atoms with Crippen molar-refractivity contribution in [3.63, 3.8) is 0 Å². The molecule has 112 valence electrons. The summed E-state index contributed by atoms with van der Waals surface area (Å²) in [5, 5.41) is 8.43. The number of rotatable bonds is 6. The Morgan fingerprint density at radius 1 is 1.48 bits per heavy atom. The molecule has 0 saturated carbocycles. The van der Waals surface area contributed by atoms with E-state index in [0.717, 1.165) is 12.8 Å². The monoisotopic (exact) mass is 293 g/mol. The fourth-order valence-corrected chi connectivity index (χ4v) is 1.82. The molecule has 21 heavy (non-hydrogen) atoms. The van der Waals surface area contributed by atoms with E-state index in [-0.39, 0.29) is 23.9 Å². The number of H-pyrrole nitrogens is 1. The maximum Gasteiger partial charge on any atom is 0.434 e. The van der Waals surface area contributed by atoms with Crippen molar-refractivity contribution in [2.45, 2.75) is 32.7 Å². The summed E-state index contributed by atoms with van der Waals surface area (Å²) < 4.78 is 18.5. The van der Waals surface area contributed by atoms with Crippen molar-refractivity contribution in [3.05, 3.63) is 40.1 Å². The predicted molar refractivity (Wildman–Crippen MR) is 73.9 cm³/mol. The zero-order valence-corrected chi connectivity index (χ0v) is 11.6. The maximum atomic E-state index is 13.7. The van der Waals surface area contributed by atoms with Crippen LogP contribution in [0.1, 0.15) is 31.7 Å². The van der Waals surface area contributed by atoms with Gasteiger partial charge < -0.3 is 9.73 Å². The van der Waals surface area contributed by atoms with E-state index in [4.69, 9.17) is 4.42 Å². The average molecular weight is 293 g/mol. The summed E-state index contributed by atoms with van der Waals surface area (Å²) in [4.78, 5) is 22.4. The number of hydrogen-bond donors (Lipinski definition) is 2. The van der Waals surface area contributed by atoms with Crippen LogP contribution in [0.15, 0.2) is 27.4 Å². The van der Waals surface area contributed by atoms with Crippen LogP contribution in [-0.4, -0.2) is 16.1 Å². The van der Waals surface area contributed by atoms with E-state index in [0.29, 0.717) is 12.0 Å². The molecule has 0 bridgehead atoms. The molecule has 1 aromatic carbocycles. The molecule has 2 N–H and O–H groups in total. The topological polar surface area (TPSA) is 88.0 Å². The number of nitrogens with zero attached hydrogens (tertiary/aromatic N) is 1. The van der Waals surface area contributed by atoms with Gasteiger partial charge in [-0.1, -0.05) is 19.4 Å². The number of benzene rings is 1. The first-order chi connectivity index (χ1) is 10.1. The second kappa shape index (κ2) is 6.83. The van der Waals surface area contributed by atoms with Crippen LogP contribution in [0.25, 0.3) is 11.5 Å².